The lowest BCUT2D eigenvalue weighted by Gasteiger charge is -2.34. The number of aryl methyl sites for hydroxylation is 1. The predicted octanol–water partition coefficient (Wildman–Crippen LogP) is 2.88. The Bertz CT molecular complexity index is 788. The van der Waals surface area contributed by atoms with E-state index in [1.54, 1.807) is 0 Å². The maximum Gasteiger partial charge on any atom is 0.234 e. The minimum atomic E-state index is 0.146. The normalized spacial score (nSPS) is 20.1. The lowest BCUT2D eigenvalue weighted by atomic mass is 9.88. The van der Waals surface area contributed by atoms with Crippen molar-refractivity contribution in [1.29, 1.82) is 0 Å². The molecular formula is C24H31N3O2. The Morgan fingerprint density at radius 1 is 0.966 bits per heavy atom. The van der Waals surface area contributed by atoms with Crippen LogP contribution in [0.25, 0.3) is 0 Å². The monoisotopic (exact) mass is 393 g/mol. The maximum atomic E-state index is 12.6. The molecule has 2 aliphatic rings. The molecular weight excluding hydrogens is 362 g/mol. The molecule has 2 aromatic carbocycles. The average molecular weight is 394 g/mol. The molecule has 0 bridgehead atoms. The van der Waals surface area contributed by atoms with Crippen molar-refractivity contribution in [2.45, 2.75) is 25.3 Å². The van der Waals surface area contributed by atoms with Gasteiger partial charge in [0.2, 0.25) is 5.91 Å². The number of nitrogens with zero attached hydrogens (tertiary/aromatic N) is 2. The van der Waals surface area contributed by atoms with Crippen LogP contribution in [-0.2, 0) is 11.2 Å². The van der Waals surface area contributed by atoms with E-state index in [0.29, 0.717) is 13.2 Å². The molecule has 5 nitrogen and oxygen atoms in total. The van der Waals surface area contributed by atoms with Crippen molar-refractivity contribution in [3.63, 3.8) is 0 Å². The number of ether oxygens (including phenoxy) is 1. The molecule has 0 radical (unpaired) electrons. The highest BCUT2D eigenvalue weighted by atomic mass is 16.5. The molecule has 5 heteroatoms. The van der Waals surface area contributed by atoms with Gasteiger partial charge in [-0.3, -0.25) is 14.6 Å². The Hall–Kier alpha value is -2.37. The van der Waals surface area contributed by atoms with Gasteiger partial charge < -0.3 is 10.1 Å². The number of carbonyl (C=O) groups excluding carboxylic acids is 1. The molecule has 1 fully saturated rings. The maximum absolute atomic E-state index is 12.6. The second-order valence-corrected chi connectivity index (χ2v) is 7.99. The standard InChI is InChI=1S/C24H31N3O2/c28-24(25-23-12-6-8-20-7-4-5-11-22(20)23)19-27-15-13-26(14-16-27)17-18-29-21-9-2-1-3-10-21/h1-5,7,9-11,23H,6,8,12-19H2,(H,25,28)/t23-/m0/s1. The minimum Gasteiger partial charge on any atom is -0.492 e. The number of para-hydroxylation sites is 1. The quantitative estimate of drug-likeness (QED) is 0.786. The molecule has 1 saturated heterocycles. The molecule has 0 unspecified atom stereocenters. The van der Waals surface area contributed by atoms with Crippen LogP contribution >= 0.6 is 0 Å². The zero-order valence-corrected chi connectivity index (χ0v) is 17.1. The fraction of sp³-hybridized carbons (Fsp3) is 0.458. The number of fused-ring (bicyclic) bond motifs is 1. The second-order valence-electron chi connectivity index (χ2n) is 7.99. The Morgan fingerprint density at radius 3 is 2.52 bits per heavy atom. The van der Waals surface area contributed by atoms with E-state index < -0.39 is 0 Å². The summed E-state index contributed by atoms with van der Waals surface area (Å²) in [5.41, 5.74) is 2.69. The smallest absolute Gasteiger partial charge is 0.234 e. The van der Waals surface area contributed by atoms with Gasteiger partial charge in [0.05, 0.1) is 12.6 Å². The van der Waals surface area contributed by atoms with Crippen LogP contribution in [0.5, 0.6) is 5.75 Å². The molecule has 154 valence electrons. The fourth-order valence-corrected chi connectivity index (χ4v) is 4.33. The van der Waals surface area contributed by atoms with Gasteiger partial charge in [0, 0.05) is 32.7 Å². The van der Waals surface area contributed by atoms with E-state index in [0.717, 1.165) is 57.7 Å². The van der Waals surface area contributed by atoms with Gasteiger partial charge in [-0.25, -0.2) is 0 Å². The van der Waals surface area contributed by atoms with Gasteiger partial charge in [-0.05, 0) is 42.5 Å². The first kappa shape index (κ1) is 19.9. The van der Waals surface area contributed by atoms with Gasteiger partial charge in [0.15, 0.2) is 0 Å². The van der Waals surface area contributed by atoms with Crippen LogP contribution in [0.2, 0.25) is 0 Å². The van der Waals surface area contributed by atoms with Crippen molar-refractivity contribution in [2.75, 3.05) is 45.9 Å². The summed E-state index contributed by atoms with van der Waals surface area (Å²) >= 11 is 0. The first-order chi connectivity index (χ1) is 14.3. The molecule has 1 aliphatic heterocycles. The lowest BCUT2D eigenvalue weighted by molar-refractivity contribution is -0.123. The van der Waals surface area contributed by atoms with Crippen molar-refractivity contribution in [3.05, 3.63) is 65.7 Å². The molecule has 2 aromatic rings. The van der Waals surface area contributed by atoms with Gasteiger partial charge in [0.25, 0.3) is 0 Å². The zero-order chi connectivity index (χ0) is 19.9. The number of benzene rings is 2. The largest absolute Gasteiger partial charge is 0.492 e. The van der Waals surface area contributed by atoms with Crippen LogP contribution in [0.3, 0.4) is 0 Å². The van der Waals surface area contributed by atoms with Crippen LogP contribution < -0.4 is 10.1 Å². The van der Waals surface area contributed by atoms with Gasteiger partial charge in [-0.15, -0.1) is 0 Å². The van der Waals surface area contributed by atoms with Crippen molar-refractivity contribution in [2.24, 2.45) is 0 Å². The van der Waals surface area contributed by atoms with Gasteiger partial charge in [-0.2, -0.15) is 0 Å². The molecule has 0 saturated carbocycles. The van der Waals surface area contributed by atoms with E-state index in [-0.39, 0.29) is 11.9 Å². The Morgan fingerprint density at radius 2 is 1.69 bits per heavy atom. The molecule has 1 amide bonds. The molecule has 1 atom stereocenters. The summed E-state index contributed by atoms with van der Waals surface area (Å²) in [6.07, 6.45) is 3.31. The predicted molar refractivity (Wildman–Crippen MR) is 115 cm³/mol. The van der Waals surface area contributed by atoms with E-state index >= 15 is 0 Å². The molecule has 4 rings (SSSR count). The Labute approximate surface area is 173 Å². The van der Waals surface area contributed by atoms with Gasteiger partial charge in [-0.1, -0.05) is 42.5 Å². The molecule has 0 aromatic heterocycles. The first-order valence-electron chi connectivity index (χ1n) is 10.8. The van der Waals surface area contributed by atoms with Gasteiger partial charge >= 0.3 is 0 Å². The van der Waals surface area contributed by atoms with E-state index in [4.69, 9.17) is 4.74 Å². The second kappa shape index (κ2) is 9.90. The number of rotatable bonds is 7. The summed E-state index contributed by atoms with van der Waals surface area (Å²) in [4.78, 5) is 17.3. The summed E-state index contributed by atoms with van der Waals surface area (Å²) in [6.45, 7) is 5.95. The number of nitrogens with one attached hydrogen (secondary N) is 1. The number of hydrogen-bond donors (Lipinski definition) is 1. The third-order valence-electron chi connectivity index (χ3n) is 5.96. The molecule has 1 aliphatic carbocycles. The molecule has 1 N–H and O–H groups in total. The lowest BCUT2D eigenvalue weighted by Crippen LogP contribution is -2.50. The number of carbonyl (C=O) groups is 1. The van der Waals surface area contributed by atoms with Crippen LogP contribution in [0.1, 0.15) is 30.0 Å². The summed E-state index contributed by atoms with van der Waals surface area (Å²) in [5.74, 6) is 1.07. The summed E-state index contributed by atoms with van der Waals surface area (Å²) in [6, 6.07) is 18.6. The van der Waals surface area contributed by atoms with Crippen molar-refractivity contribution < 1.29 is 9.53 Å². The third kappa shape index (κ3) is 5.58. The average Bonchev–Trinajstić information content (AvgIpc) is 2.76. The van der Waals surface area contributed by atoms with E-state index in [1.807, 2.05) is 30.3 Å². The number of amides is 1. The van der Waals surface area contributed by atoms with Crippen LogP contribution in [0, 0.1) is 0 Å². The van der Waals surface area contributed by atoms with Crippen molar-refractivity contribution in [1.82, 2.24) is 15.1 Å². The van der Waals surface area contributed by atoms with Crippen molar-refractivity contribution in [3.8, 4) is 5.75 Å². The highest BCUT2D eigenvalue weighted by Crippen LogP contribution is 2.29. The van der Waals surface area contributed by atoms with Crippen LogP contribution in [0.4, 0.5) is 0 Å². The SMILES string of the molecule is O=C(CN1CCN(CCOc2ccccc2)CC1)N[C@H]1CCCc2ccccc21. The van der Waals surface area contributed by atoms with Crippen LogP contribution in [0.15, 0.2) is 54.6 Å². The minimum absolute atomic E-state index is 0.146. The Balaban J connectivity index is 1.17. The van der Waals surface area contributed by atoms with Gasteiger partial charge in [0.1, 0.15) is 12.4 Å². The molecule has 29 heavy (non-hydrogen) atoms. The van der Waals surface area contributed by atoms with E-state index in [1.165, 1.54) is 11.1 Å². The zero-order valence-electron chi connectivity index (χ0n) is 17.1. The third-order valence-corrected chi connectivity index (χ3v) is 5.96. The molecule has 1 heterocycles. The van der Waals surface area contributed by atoms with Crippen molar-refractivity contribution >= 4 is 5.91 Å². The summed E-state index contributed by atoms with van der Waals surface area (Å²) in [7, 11) is 0. The highest BCUT2D eigenvalue weighted by molar-refractivity contribution is 5.78. The summed E-state index contributed by atoms with van der Waals surface area (Å²) in [5, 5.41) is 3.27. The Kier molecular flexibility index (Phi) is 6.80. The highest BCUT2D eigenvalue weighted by Gasteiger charge is 2.23. The fourth-order valence-electron chi connectivity index (χ4n) is 4.33. The van der Waals surface area contributed by atoms with E-state index in [2.05, 4.69) is 39.4 Å². The topological polar surface area (TPSA) is 44.8 Å². The van der Waals surface area contributed by atoms with E-state index in [9.17, 15) is 4.79 Å². The summed E-state index contributed by atoms with van der Waals surface area (Å²) < 4.78 is 5.79. The van der Waals surface area contributed by atoms with Crippen LogP contribution in [-0.4, -0.2) is 61.6 Å². The number of piperazine rings is 1. The molecule has 0 spiro atoms. The first-order valence-corrected chi connectivity index (χ1v) is 10.8. The number of hydrogen-bond acceptors (Lipinski definition) is 4.